The normalized spacial score (nSPS) is 10.5. The number of hydrogen-bond donors (Lipinski definition) is 1. The Morgan fingerprint density at radius 3 is 2.80 bits per heavy atom. The van der Waals surface area contributed by atoms with Crippen LogP contribution in [0.1, 0.15) is 22.6 Å². The summed E-state index contributed by atoms with van der Waals surface area (Å²) in [6.45, 7) is 4.12. The summed E-state index contributed by atoms with van der Waals surface area (Å²) in [6.07, 6.45) is 0.637. The van der Waals surface area contributed by atoms with E-state index in [4.69, 9.17) is 10.3 Å². The molecule has 2 rings (SSSR count). The minimum absolute atomic E-state index is 0.190. The fourth-order valence-electron chi connectivity index (χ4n) is 1.49. The zero-order valence-corrected chi connectivity index (χ0v) is 8.82. The maximum absolute atomic E-state index is 5.38. The first-order valence-electron chi connectivity index (χ1n) is 4.79. The Bertz CT molecular complexity index is 476. The lowest BCUT2D eigenvalue weighted by Crippen LogP contribution is -1.93. The number of nitrogens with zero attached hydrogens (tertiary/aromatic N) is 2. The molecule has 0 amide bonds. The van der Waals surface area contributed by atoms with Crippen LogP contribution in [0.15, 0.2) is 22.7 Å². The van der Waals surface area contributed by atoms with Crippen LogP contribution < -0.4 is 5.73 Å². The van der Waals surface area contributed by atoms with Crippen molar-refractivity contribution < 1.29 is 4.52 Å². The Balaban J connectivity index is 2.27. The molecule has 0 saturated carbocycles. The molecular weight excluding hydrogens is 190 g/mol. The van der Waals surface area contributed by atoms with Crippen molar-refractivity contribution in [1.29, 1.82) is 0 Å². The molecule has 0 radical (unpaired) electrons. The Morgan fingerprint density at radius 1 is 1.33 bits per heavy atom. The number of benzene rings is 1. The van der Waals surface area contributed by atoms with E-state index >= 15 is 0 Å². The molecule has 0 spiro atoms. The first-order chi connectivity index (χ1) is 7.15. The van der Waals surface area contributed by atoms with Gasteiger partial charge in [-0.2, -0.15) is 4.98 Å². The minimum atomic E-state index is 0.190. The number of nitrogen functional groups attached to an aromatic ring is 1. The van der Waals surface area contributed by atoms with Crippen LogP contribution in [0, 0.1) is 13.8 Å². The van der Waals surface area contributed by atoms with Crippen molar-refractivity contribution in [2.75, 3.05) is 5.73 Å². The van der Waals surface area contributed by atoms with Crippen molar-refractivity contribution >= 4 is 5.95 Å². The van der Waals surface area contributed by atoms with Crippen LogP contribution in [0.4, 0.5) is 5.95 Å². The molecule has 4 nitrogen and oxygen atoms in total. The number of nitrogens with two attached hydrogens (primary N) is 1. The zero-order chi connectivity index (χ0) is 10.8. The molecule has 1 heterocycles. The molecule has 2 aromatic rings. The zero-order valence-electron chi connectivity index (χ0n) is 8.82. The number of anilines is 1. The summed E-state index contributed by atoms with van der Waals surface area (Å²) in [5.41, 5.74) is 9.02. The molecular formula is C11H13N3O. The van der Waals surface area contributed by atoms with E-state index < -0.39 is 0 Å². The van der Waals surface area contributed by atoms with Gasteiger partial charge in [-0.3, -0.25) is 0 Å². The number of hydrogen-bond acceptors (Lipinski definition) is 4. The second kappa shape index (κ2) is 3.73. The second-order valence-electron chi connectivity index (χ2n) is 3.65. The standard InChI is InChI=1S/C11H13N3O/c1-7-3-4-8(2)9(5-7)6-10-13-11(12)14-15-10/h3-5H,6H2,1-2H3,(H2,12,14). The molecule has 1 aromatic carbocycles. The molecule has 0 atom stereocenters. The molecule has 0 fully saturated rings. The highest BCUT2D eigenvalue weighted by Gasteiger charge is 2.06. The van der Waals surface area contributed by atoms with Crippen LogP contribution in [-0.2, 0) is 6.42 Å². The lowest BCUT2D eigenvalue weighted by Gasteiger charge is -2.03. The van der Waals surface area contributed by atoms with E-state index in [0.717, 1.165) is 0 Å². The average molecular weight is 203 g/mol. The van der Waals surface area contributed by atoms with E-state index in [1.54, 1.807) is 0 Å². The third-order valence-electron chi connectivity index (χ3n) is 2.33. The monoisotopic (exact) mass is 203 g/mol. The highest BCUT2D eigenvalue weighted by molar-refractivity contribution is 5.32. The van der Waals surface area contributed by atoms with Gasteiger partial charge in [0.1, 0.15) is 0 Å². The van der Waals surface area contributed by atoms with Gasteiger partial charge in [-0.1, -0.05) is 23.8 Å². The quantitative estimate of drug-likeness (QED) is 0.809. The van der Waals surface area contributed by atoms with Gasteiger partial charge < -0.3 is 10.3 Å². The van der Waals surface area contributed by atoms with Gasteiger partial charge in [0.05, 0.1) is 6.42 Å². The van der Waals surface area contributed by atoms with E-state index in [2.05, 4.69) is 42.2 Å². The molecule has 1 aromatic heterocycles. The van der Waals surface area contributed by atoms with Crippen molar-refractivity contribution in [2.24, 2.45) is 0 Å². The van der Waals surface area contributed by atoms with Crippen LogP contribution in [0.5, 0.6) is 0 Å². The summed E-state index contributed by atoms with van der Waals surface area (Å²) >= 11 is 0. The van der Waals surface area contributed by atoms with Gasteiger partial charge in [-0.05, 0) is 30.1 Å². The van der Waals surface area contributed by atoms with E-state index in [-0.39, 0.29) is 5.95 Å². The highest BCUT2D eigenvalue weighted by atomic mass is 16.5. The van der Waals surface area contributed by atoms with Crippen molar-refractivity contribution in [3.05, 3.63) is 40.8 Å². The van der Waals surface area contributed by atoms with E-state index in [0.29, 0.717) is 12.3 Å². The summed E-state index contributed by atoms with van der Waals surface area (Å²) < 4.78 is 4.98. The van der Waals surface area contributed by atoms with Crippen molar-refractivity contribution in [1.82, 2.24) is 10.1 Å². The first-order valence-corrected chi connectivity index (χ1v) is 4.79. The summed E-state index contributed by atoms with van der Waals surface area (Å²) in [5.74, 6) is 0.747. The molecule has 0 aliphatic carbocycles. The van der Waals surface area contributed by atoms with Crippen molar-refractivity contribution in [3.8, 4) is 0 Å². The van der Waals surface area contributed by atoms with E-state index in [9.17, 15) is 0 Å². The molecule has 0 aliphatic rings. The molecule has 78 valence electrons. The van der Waals surface area contributed by atoms with Crippen LogP contribution in [-0.4, -0.2) is 10.1 Å². The van der Waals surface area contributed by atoms with Gasteiger partial charge >= 0.3 is 0 Å². The fourth-order valence-corrected chi connectivity index (χ4v) is 1.49. The van der Waals surface area contributed by atoms with Crippen LogP contribution in [0.25, 0.3) is 0 Å². The van der Waals surface area contributed by atoms with Gasteiger partial charge in [0.15, 0.2) is 0 Å². The first kappa shape index (κ1) is 9.71. The second-order valence-corrected chi connectivity index (χ2v) is 3.65. The Hall–Kier alpha value is -1.84. The summed E-state index contributed by atoms with van der Waals surface area (Å²) in [7, 11) is 0. The topological polar surface area (TPSA) is 64.9 Å². The third-order valence-corrected chi connectivity index (χ3v) is 2.33. The van der Waals surface area contributed by atoms with E-state index in [1.807, 2.05) is 0 Å². The van der Waals surface area contributed by atoms with Gasteiger partial charge in [0, 0.05) is 0 Å². The van der Waals surface area contributed by atoms with Gasteiger partial charge in [-0.15, -0.1) is 0 Å². The molecule has 2 N–H and O–H groups in total. The lowest BCUT2D eigenvalue weighted by atomic mass is 10.0. The van der Waals surface area contributed by atoms with Gasteiger partial charge in [0.25, 0.3) is 5.95 Å². The number of rotatable bonds is 2. The van der Waals surface area contributed by atoms with Crippen molar-refractivity contribution in [2.45, 2.75) is 20.3 Å². The largest absolute Gasteiger partial charge is 0.365 e. The smallest absolute Gasteiger partial charge is 0.260 e. The van der Waals surface area contributed by atoms with Crippen LogP contribution in [0.3, 0.4) is 0 Å². The molecule has 15 heavy (non-hydrogen) atoms. The maximum Gasteiger partial charge on any atom is 0.260 e. The Labute approximate surface area is 88.1 Å². The molecule has 0 unspecified atom stereocenters. The van der Waals surface area contributed by atoms with Gasteiger partial charge in [0.2, 0.25) is 5.89 Å². The predicted octanol–water partition coefficient (Wildman–Crippen LogP) is 1.86. The Kier molecular flexibility index (Phi) is 2.41. The lowest BCUT2D eigenvalue weighted by molar-refractivity contribution is 0.386. The highest BCUT2D eigenvalue weighted by Crippen LogP contribution is 2.14. The summed E-state index contributed by atoms with van der Waals surface area (Å²) in [6, 6.07) is 6.29. The molecule has 0 saturated heterocycles. The molecule has 0 bridgehead atoms. The number of aromatic nitrogens is 2. The molecule has 0 aliphatic heterocycles. The summed E-state index contributed by atoms with van der Waals surface area (Å²) in [4.78, 5) is 3.98. The maximum atomic E-state index is 5.38. The average Bonchev–Trinajstić information content (AvgIpc) is 2.58. The minimum Gasteiger partial charge on any atom is -0.365 e. The Morgan fingerprint density at radius 2 is 2.13 bits per heavy atom. The predicted molar refractivity (Wildman–Crippen MR) is 57.4 cm³/mol. The molecule has 4 heteroatoms. The van der Waals surface area contributed by atoms with Gasteiger partial charge in [-0.25, -0.2) is 0 Å². The van der Waals surface area contributed by atoms with Crippen LogP contribution >= 0.6 is 0 Å². The SMILES string of the molecule is Cc1ccc(C)c(Cc2nc(N)no2)c1. The third kappa shape index (κ3) is 2.15. The number of aryl methyl sites for hydroxylation is 2. The summed E-state index contributed by atoms with van der Waals surface area (Å²) in [5, 5.41) is 3.56. The fraction of sp³-hybridized carbons (Fsp3) is 0.273. The van der Waals surface area contributed by atoms with E-state index in [1.165, 1.54) is 16.7 Å². The van der Waals surface area contributed by atoms with Crippen LogP contribution in [0.2, 0.25) is 0 Å². The van der Waals surface area contributed by atoms with Crippen molar-refractivity contribution in [3.63, 3.8) is 0 Å².